The third-order valence-electron chi connectivity index (χ3n) is 3.48. The summed E-state index contributed by atoms with van der Waals surface area (Å²) in [4.78, 5) is 11.3. The first-order chi connectivity index (χ1) is 7.54. The van der Waals surface area contributed by atoms with Gasteiger partial charge in [0.25, 0.3) is 0 Å². The van der Waals surface area contributed by atoms with Crippen molar-refractivity contribution in [2.75, 3.05) is 7.11 Å². The van der Waals surface area contributed by atoms with Crippen LogP contribution in [-0.4, -0.2) is 18.9 Å². The summed E-state index contributed by atoms with van der Waals surface area (Å²) in [7, 11) is 1.35. The Labute approximate surface area is 97.8 Å². The minimum Gasteiger partial charge on any atom is -0.438 e. The highest BCUT2D eigenvalue weighted by Crippen LogP contribution is 2.40. The van der Waals surface area contributed by atoms with Gasteiger partial charge in [0.2, 0.25) is 0 Å². The minimum atomic E-state index is -0.584. The van der Waals surface area contributed by atoms with Gasteiger partial charge in [0, 0.05) is 0 Å². The monoisotopic (exact) mass is 226 g/mol. The van der Waals surface area contributed by atoms with Crippen molar-refractivity contribution in [1.82, 2.24) is 0 Å². The molecule has 1 aliphatic rings. The van der Waals surface area contributed by atoms with Crippen molar-refractivity contribution in [1.29, 1.82) is 0 Å². The molecule has 0 aromatic rings. The van der Waals surface area contributed by atoms with Crippen LogP contribution in [0, 0.1) is 11.8 Å². The molecule has 0 saturated heterocycles. The number of carbonyl (C=O) groups is 1. The van der Waals surface area contributed by atoms with Crippen molar-refractivity contribution in [3.8, 4) is 0 Å². The Bertz CT molecular complexity index is 272. The number of hydrogen-bond acceptors (Lipinski definition) is 3. The lowest BCUT2D eigenvalue weighted by molar-refractivity contribution is -0.0578. The van der Waals surface area contributed by atoms with E-state index in [1.807, 2.05) is 19.1 Å². The molecule has 3 heteroatoms. The standard InChI is InChI=1S/C13H22O3/c1-5-8-13(16-12(14)15-4)9-10(2)6-7-11(13)3/h5,8,10-11H,6-7,9H2,1-4H3/b8-5+. The van der Waals surface area contributed by atoms with Crippen LogP contribution in [0.5, 0.6) is 0 Å². The lowest BCUT2D eigenvalue weighted by Gasteiger charge is -2.41. The molecule has 0 radical (unpaired) electrons. The van der Waals surface area contributed by atoms with Crippen LogP contribution in [0.25, 0.3) is 0 Å². The first-order valence-corrected chi connectivity index (χ1v) is 5.95. The molecule has 1 rings (SSSR count). The highest BCUT2D eigenvalue weighted by Gasteiger charge is 2.42. The van der Waals surface area contributed by atoms with Gasteiger partial charge in [-0.1, -0.05) is 26.3 Å². The molecule has 0 bridgehead atoms. The van der Waals surface area contributed by atoms with E-state index >= 15 is 0 Å². The summed E-state index contributed by atoms with van der Waals surface area (Å²) in [6.45, 7) is 6.29. The number of carbonyl (C=O) groups excluding carboxylic acids is 1. The molecular formula is C13H22O3. The van der Waals surface area contributed by atoms with E-state index in [1.165, 1.54) is 13.5 Å². The Balaban J connectivity index is 2.88. The maximum Gasteiger partial charge on any atom is 0.508 e. The summed E-state index contributed by atoms with van der Waals surface area (Å²) in [5.74, 6) is 0.927. The second kappa shape index (κ2) is 5.37. The van der Waals surface area contributed by atoms with E-state index in [0.29, 0.717) is 11.8 Å². The van der Waals surface area contributed by atoms with E-state index in [1.54, 1.807) is 0 Å². The molecule has 16 heavy (non-hydrogen) atoms. The van der Waals surface area contributed by atoms with Crippen LogP contribution in [0.1, 0.15) is 40.0 Å². The van der Waals surface area contributed by atoms with Crippen molar-refractivity contribution in [2.45, 2.75) is 45.6 Å². The van der Waals surface area contributed by atoms with Crippen molar-refractivity contribution >= 4 is 6.16 Å². The van der Waals surface area contributed by atoms with E-state index < -0.39 is 11.8 Å². The van der Waals surface area contributed by atoms with E-state index in [0.717, 1.165) is 12.8 Å². The van der Waals surface area contributed by atoms with Gasteiger partial charge < -0.3 is 9.47 Å². The van der Waals surface area contributed by atoms with Gasteiger partial charge in [-0.15, -0.1) is 0 Å². The zero-order valence-corrected chi connectivity index (χ0v) is 10.7. The van der Waals surface area contributed by atoms with Crippen molar-refractivity contribution in [3.05, 3.63) is 12.2 Å². The van der Waals surface area contributed by atoms with Crippen LogP contribution < -0.4 is 0 Å². The van der Waals surface area contributed by atoms with Crippen LogP contribution in [0.2, 0.25) is 0 Å². The number of ether oxygens (including phenoxy) is 2. The third-order valence-corrected chi connectivity index (χ3v) is 3.48. The largest absolute Gasteiger partial charge is 0.508 e. The molecule has 92 valence electrons. The third kappa shape index (κ3) is 2.77. The molecule has 0 spiro atoms. The molecule has 0 aliphatic heterocycles. The Kier molecular flexibility index (Phi) is 4.39. The maximum atomic E-state index is 11.3. The predicted octanol–water partition coefficient (Wildman–Crippen LogP) is 3.54. The summed E-state index contributed by atoms with van der Waals surface area (Å²) < 4.78 is 10.1. The number of allylic oxidation sites excluding steroid dienone is 1. The van der Waals surface area contributed by atoms with Crippen LogP contribution >= 0.6 is 0 Å². The molecule has 0 amide bonds. The SMILES string of the molecule is C/C=C/C1(OC(=O)OC)CC(C)CCC1C. The minimum absolute atomic E-state index is 0.346. The van der Waals surface area contributed by atoms with Gasteiger partial charge in [-0.25, -0.2) is 4.79 Å². The van der Waals surface area contributed by atoms with Gasteiger partial charge in [-0.05, 0) is 37.7 Å². The molecular weight excluding hydrogens is 204 g/mol. The van der Waals surface area contributed by atoms with Crippen LogP contribution in [0.15, 0.2) is 12.2 Å². The van der Waals surface area contributed by atoms with Gasteiger partial charge >= 0.3 is 6.16 Å². The Morgan fingerprint density at radius 3 is 2.62 bits per heavy atom. The maximum absolute atomic E-state index is 11.3. The van der Waals surface area contributed by atoms with E-state index in [4.69, 9.17) is 4.74 Å². The summed E-state index contributed by atoms with van der Waals surface area (Å²) >= 11 is 0. The van der Waals surface area contributed by atoms with Gasteiger partial charge in [0.05, 0.1) is 7.11 Å². The normalized spacial score (nSPS) is 35.0. The first kappa shape index (κ1) is 13.1. The smallest absolute Gasteiger partial charge is 0.438 e. The van der Waals surface area contributed by atoms with Crippen LogP contribution in [-0.2, 0) is 9.47 Å². The zero-order chi connectivity index (χ0) is 12.2. The van der Waals surface area contributed by atoms with Gasteiger partial charge in [0.15, 0.2) is 0 Å². The number of hydrogen-bond donors (Lipinski definition) is 0. The van der Waals surface area contributed by atoms with E-state index in [9.17, 15) is 4.79 Å². The molecule has 3 atom stereocenters. The quantitative estimate of drug-likeness (QED) is 0.533. The summed E-state index contributed by atoms with van der Waals surface area (Å²) in [5.41, 5.74) is -0.473. The Morgan fingerprint density at radius 2 is 2.06 bits per heavy atom. The molecule has 0 heterocycles. The lowest BCUT2D eigenvalue weighted by atomic mass is 9.72. The molecule has 0 N–H and O–H groups in total. The molecule has 3 nitrogen and oxygen atoms in total. The second-order valence-corrected chi connectivity index (χ2v) is 4.80. The van der Waals surface area contributed by atoms with Crippen LogP contribution in [0.4, 0.5) is 4.79 Å². The van der Waals surface area contributed by atoms with E-state index in [2.05, 4.69) is 18.6 Å². The van der Waals surface area contributed by atoms with Crippen LogP contribution in [0.3, 0.4) is 0 Å². The van der Waals surface area contributed by atoms with Crippen molar-refractivity contribution in [3.63, 3.8) is 0 Å². The Morgan fingerprint density at radius 1 is 1.38 bits per heavy atom. The fourth-order valence-electron chi connectivity index (χ4n) is 2.51. The average Bonchev–Trinajstić information content (AvgIpc) is 2.24. The summed E-state index contributed by atoms with van der Waals surface area (Å²) in [6.07, 6.45) is 6.54. The summed E-state index contributed by atoms with van der Waals surface area (Å²) in [6, 6.07) is 0. The Hall–Kier alpha value is -0.990. The molecule has 0 aromatic heterocycles. The first-order valence-electron chi connectivity index (χ1n) is 5.95. The van der Waals surface area contributed by atoms with Crippen molar-refractivity contribution in [2.24, 2.45) is 11.8 Å². The molecule has 0 aromatic carbocycles. The molecule has 3 unspecified atom stereocenters. The van der Waals surface area contributed by atoms with Gasteiger partial charge in [-0.2, -0.15) is 0 Å². The highest BCUT2D eigenvalue weighted by atomic mass is 16.7. The van der Waals surface area contributed by atoms with Gasteiger partial charge in [0.1, 0.15) is 5.60 Å². The van der Waals surface area contributed by atoms with E-state index in [-0.39, 0.29) is 0 Å². The molecule has 1 saturated carbocycles. The highest BCUT2D eigenvalue weighted by molar-refractivity contribution is 5.60. The lowest BCUT2D eigenvalue weighted by Crippen LogP contribution is -2.44. The number of methoxy groups -OCH3 is 1. The van der Waals surface area contributed by atoms with Gasteiger partial charge in [-0.3, -0.25) is 0 Å². The van der Waals surface area contributed by atoms with Crippen molar-refractivity contribution < 1.29 is 14.3 Å². The average molecular weight is 226 g/mol. The zero-order valence-electron chi connectivity index (χ0n) is 10.7. The number of rotatable bonds is 2. The fourth-order valence-corrected chi connectivity index (χ4v) is 2.51. The predicted molar refractivity (Wildman–Crippen MR) is 63.2 cm³/mol. The second-order valence-electron chi connectivity index (χ2n) is 4.80. The molecule has 1 aliphatic carbocycles. The topological polar surface area (TPSA) is 35.5 Å². The summed E-state index contributed by atoms with van der Waals surface area (Å²) in [5, 5.41) is 0. The molecule has 1 fully saturated rings. The fraction of sp³-hybridized carbons (Fsp3) is 0.769.